The number of aromatic amines is 2. The standard InChI is InChI=1S/C35H35N7O2/c43-35(32-8-4-18-44-32)42-17-3-7-31(42)34-38-27-14-12-24(20-29(27)40-34)10-9-23-11-13-26-28(19-23)39-33(37-26)30-6-2-16-41(30)22-25-5-1-15-36-21-25/h1,5,11-15,19-21,30-32H,2-4,6-8,16-18,22H2,(H,37,39)(H,38,40)/t30-,31-,32+/m0/s1. The molecule has 0 radical (unpaired) electrons. The van der Waals surface area contributed by atoms with E-state index in [0.717, 1.165) is 103 Å². The Morgan fingerprint density at radius 3 is 2.25 bits per heavy atom. The Morgan fingerprint density at radius 1 is 0.864 bits per heavy atom. The van der Waals surface area contributed by atoms with Gasteiger partial charge in [-0.15, -0.1) is 0 Å². The number of carbonyl (C=O) groups excluding carboxylic acids is 1. The van der Waals surface area contributed by atoms with Crippen LogP contribution >= 0.6 is 0 Å². The lowest BCUT2D eigenvalue weighted by molar-refractivity contribution is -0.142. The largest absolute Gasteiger partial charge is 0.368 e. The summed E-state index contributed by atoms with van der Waals surface area (Å²) in [5.74, 6) is 8.63. The summed E-state index contributed by atoms with van der Waals surface area (Å²) in [6, 6.07) is 16.6. The first-order valence-corrected chi connectivity index (χ1v) is 15.7. The van der Waals surface area contributed by atoms with Crippen LogP contribution in [-0.2, 0) is 16.1 Å². The highest BCUT2D eigenvalue weighted by Crippen LogP contribution is 2.34. The van der Waals surface area contributed by atoms with Crippen LogP contribution in [0.1, 0.15) is 78.9 Å². The third kappa shape index (κ3) is 5.25. The van der Waals surface area contributed by atoms with Crippen LogP contribution in [-0.4, -0.2) is 66.4 Å². The average molecular weight is 586 g/mol. The van der Waals surface area contributed by atoms with Crippen LogP contribution in [0.3, 0.4) is 0 Å². The minimum Gasteiger partial charge on any atom is -0.368 e. The van der Waals surface area contributed by atoms with Gasteiger partial charge in [-0.2, -0.15) is 0 Å². The van der Waals surface area contributed by atoms with Gasteiger partial charge in [0.25, 0.3) is 5.91 Å². The highest BCUT2D eigenvalue weighted by molar-refractivity contribution is 5.82. The molecule has 0 saturated carbocycles. The average Bonchev–Trinajstić information content (AvgIpc) is 3.88. The molecule has 8 rings (SSSR count). The molecule has 9 nitrogen and oxygen atoms in total. The summed E-state index contributed by atoms with van der Waals surface area (Å²) in [6.45, 7) is 3.36. The lowest BCUT2D eigenvalue weighted by Gasteiger charge is -2.25. The second-order valence-corrected chi connectivity index (χ2v) is 12.1. The zero-order valence-electron chi connectivity index (χ0n) is 24.6. The minimum atomic E-state index is -0.302. The maximum Gasteiger partial charge on any atom is 0.252 e. The van der Waals surface area contributed by atoms with Gasteiger partial charge in [-0.05, 0) is 93.1 Å². The van der Waals surface area contributed by atoms with Crippen LogP contribution in [0.5, 0.6) is 0 Å². The smallest absolute Gasteiger partial charge is 0.252 e. The van der Waals surface area contributed by atoms with E-state index in [9.17, 15) is 4.79 Å². The van der Waals surface area contributed by atoms with Gasteiger partial charge >= 0.3 is 0 Å². The van der Waals surface area contributed by atoms with Crippen molar-refractivity contribution < 1.29 is 9.53 Å². The number of likely N-dealkylation sites (tertiary alicyclic amines) is 2. The number of imidazole rings is 2. The Kier molecular flexibility index (Phi) is 7.09. The molecule has 3 saturated heterocycles. The molecule has 3 aromatic heterocycles. The molecule has 2 aromatic carbocycles. The summed E-state index contributed by atoms with van der Waals surface area (Å²) >= 11 is 0. The number of nitrogens with zero attached hydrogens (tertiary/aromatic N) is 5. The molecule has 6 heterocycles. The van der Waals surface area contributed by atoms with Crippen molar-refractivity contribution in [1.82, 2.24) is 34.7 Å². The number of pyridine rings is 1. The topological polar surface area (TPSA) is 103 Å². The van der Waals surface area contributed by atoms with E-state index in [-0.39, 0.29) is 24.1 Å². The maximum atomic E-state index is 13.1. The zero-order valence-corrected chi connectivity index (χ0v) is 24.6. The summed E-state index contributed by atoms with van der Waals surface area (Å²) in [6.07, 6.45) is 9.36. The number of hydrogen-bond donors (Lipinski definition) is 2. The molecular weight excluding hydrogens is 550 g/mol. The molecule has 0 spiro atoms. The number of fused-ring (bicyclic) bond motifs is 2. The molecule has 2 N–H and O–H groups in total. The number of benzene rings is 2. The Balaban J connectivity index is 0.991. The first-order chi connectivity index (χ1) is 21.7. The highest BCUT2D eigenvalue weighted by Gasteiger charge is 2.37. The third-order valence-corrected chi connectivity index (χ3v) is 9.20. The van der Waals surface area contributed by atoms with E-state index in [1.54, 1.807) is 0 Å². The van der Waals surface area contributed by atoms with Gasteiger partial charge in [0.1, 0.15) is 17.8 Å². The van der Waals surface area contributed by atoms with Crippen molar-refractivity contribution in [1.29, 1.82) is 0 Å². The number of H-pyrrole nitrogens is 2. The van der Waals surface area contributed by atoms with Crippen LogP contribution < -0.4 is 0 Å². The Morgan fingerprint density at radius 2 is 1.57 bits per heavy atom. The molecule has 3 fully saturated rings. The lowest BCUT2D eigenvalue weighted by Crippen LogP contribution is -2.38. The number of hydrogen-bond acceptors (Lipinski definition) is 6. The van der Waals surface area contributed by atoms with Gasteiger partial charge in [-0.25, -0.2) is 9.97 Å². The van der Waals surface area contributed by atoms with E-state index in [4.69, 9.17) is 14.7 Å². The molecule has 0 unspecified atom stereocenters. The van der Waals surface area contributed by atoms with Gasteiger partial charge in [0.2, 0.25) is 0 Å². The highest BCUT2D eigenvalue weighted by atomic mass is 16.5. The van der Waals surface area contributed by atoms with Gasteiger partial charge in [0.15, 0.2) is 0 Å². The second-order valence-electron chi connectivity index (χ2n) is 12.1. The van der Waals surface area contributed by atoms with Gasteiger partial charge in [-0.1, -0.05) is 17.9 Å². The van der Waals surface area contributed by atoms with Crippen molar-refractivity contribution in [2.75, 3.05) is 19.7 Å². The monoisotopic (exact) mass is 585 g/mol. The van der Waals surface area contributed by atoms with Crippen LogP contribution in [0.15, 0.2) is 60.9 Å². The molecular formula is C35H35N7O2. The van der Waals surface area contributed by atoms with Crippen molar-refractivity contribution in [3.8, 4) is 11.8 Å². The molecule has 3 aliphatic heterocycles. The van der Waals surface area contributed by atoms with E-state index >= 15 is 0 Å². The Labute approximate surface area is 256 Å². The Bertz CT molecular complexity index is 1880. The normalized spacial score (nSPS) is 22.2. The fourth-order valence-electron chi connectivity index (χ4n) is 7.00. The lowest BCUT2D eigenvalue weighted by atomic mass is 10.1. The molecule has 0 bridgehead atoms. The summed E-state index contributed by atoms with van der Waals surface area (Å²) in [7, 11) is 0. The number of aromatic nitrogens is 5. The fraction of sp³-hybridized carbons (Fsp3) is 0.371. The molecule has 9 heteroatoms. The van der Waals surface area contributed by atoms with Crippen LogP contribution in [0.4, 0.5) is 0 Å². The quantitative estimate of drug-likeness (QED) is 0.267. The van der Waals surface area contributed by atoms with Crippen molar-refractivity contribution in [3.05, 3.63) is 89.3 Å². The third-order valence-electron chi connectivity index (χ3n) is 9.20. The summed E-state index contributed by atoms with van der Waals surface area (Å²) in [4.78, 5) is 38.7. The van der Waals surface area contributed by atoms with Crippen molar-refractivity contribution in [2.45, 2.75) is 63.3 Å². The number of rotatable bonds is 5. The molecule has 222 valence electrons. The van der Waals surface area contributed by atoms with Gasteiger partial charge in [-0.3, -0.25) is 14.7 Å². The zero-order chi connectivity index (χ0) is 29.5. The summed E-state index contributed by atoms with van der Waals surface area (Å²) in [5.41, 5.74) is 6.86. The summed E-state index contributed by atoms with van der Waals surface area (Å²) in [5, 5.41) is 0. The van der Waals surface area contributed by atoms with Crippen molar-refractivity contribution in [2.24, 2.45) is 0 Å². The molecule has 3 aliphatic rings. The fourth-order valence-corrected chi connectivity index (χ4v) is 7.00. The van der Waals surface area contributed by atoms with Gasteiger partial charge in [0, 0.05) is 43.2 Å². The predicted octanol–water partition coefficient (Wildman–Crippen LogP) is 5.41. The predicted molar refractivity (Wildman–Crippen MR) is 167 cm³/mol. The van der Waals surface area contributed by atoms with Crippen molar-refractivity contribution in [3.63, 3.8) is 0 Å². The van der Waals surface area contributed by atoms with Crippen molar-refractivity contribution >= 4 is 28.0 Å². The molecule has 3 atom stereocenters. The number of carbonyl (C=O) groups is 1. The minimum absolute atomic E-state index is 0.0358. The second kappa shape index (κ2) is 11.5. The van der Waals surface area contributed by atoms with Crippen LogP contribution in [0.2, 0.25) is 0 Å². The van der Waals surface area contributed by atoms with Gasteiger partial charge < -0.3 is 19.6 Å². The molecule has 5 aromatic rings. The number of ether oxygens (including phenoxy) is 1. The first-order valence-electron chi connectivity index (χ1n) is 15.7. The summed E-state index contributed by atoms with van der Waals surface area (Å²) < 4.78 is 5.68. The van der Waals surface area contributed by atoms with Crippen LogP contribution in [0, 0.1) is 11.8 Å². The van der Waals surface area contributed by atoms with Gasteiger partial charge in [0.05, 0.1) is 34.2 Å². The van der Waals surface area contributed by atoms with Crippen LogP contribution in [0.25, 0.3) is 22.1 Å². The molecule has 0 aliphatic carbocycles. The first kappa shape index (κ1) is 27.1. The molecule has 1 amide bonds. The Hall–Kier alpha value is -4.52. The van der Waals surface area contributed by atoms with E-state index in [0.29, 0.717) is 6.61 Å². The molecule has 44 heavy (non-hydrogen) atoms. The maximum absolute atomic E-state index is 13.1. The van der Waals surface area contributed by atoms with E-state index in [1.165, 1.54) is 5.56 Å². The van der Waals surface area contributed by atoms with E-state index < -0.39 is 0 Å². The number of amides is 1. The van der Waals surface area contributed by atoms with E-state index in [2.05, 4.69) is 49.9 Å². The van der Waals surface area contributed by atoms with E-state index in [1.807, 2.05) is 47.6 Å². The SMILES string of the molecule is O=C([C@H]1CCCO1)N1CCC[C@H]1c1nc2ccc(C#Cc3ccc4nc([C@@H]5CCCN5Cc5cccnc5)[nH]c4c3)cc2[nH]1. The number of nitrogens with one attached hydrogen (secondary N) is 2.